The van der Waals surface area contributed by atoms with Crippen molar-refractivity contribution in [2.45, 2.75) is 31.1 Å². The molecule has 1 fully saturated rings. The number of halogens is 3. The second-order valence-corrected chi connectivity index (χ2v) is 7.03. The molecule has 30 heavy (non-hydrogen) atoms. The summed E-state index contributed by atoms with van der Waals surface area (Å²) in [5, 5.41) is 11.4. The largest absolute Gasteiger partial charge is 0.490 e. The molecule has 3 heterocycles. The quantitative estimate of drug-likeness (QED) is 0.764. The van der Waals surface area contributed by atoms with E-state index >= 15 is 0 Å². The average Bonchev–Trinajstić information content (AvgIpc) is 3.28. The lowest BCUT2D eigenvalue weighted by molar-refractivity contribution is -0.192. The van der Waals surface area contributed by atoms with Gasteiger partial charge in [0.1, 0.15) is 12.1 Å². The third-order valence-electron chi connectivity index (χ3n) is 4.75. The van der Waals surface area contributed by atoms with Crippen molar-refractivity contribution in [1.29, 1.82) is 0 Å². The lowest BCUT2D eigenvalue weighted by Gasteiger charge is -2.32. The molecule has 0 aromatic carbocycles. The molecule has 12 heteroatoms. The van der Waals surface area contributed by atoms with Crippen LogP contribution in [0.25, 0.3) is 0 Å². The second kappa shape index (κ2) is 9.74. The first-order valence-corrected chi connectivity index (χ1v) is 9.09. The van der Waals surface area contributed by atoms with Crippen molar-refractivity contribution in [1.82, 2.24) is 24.6 Å². The molecular formula is C18H25F3N6O3. The monoisotopic (exact) mass is 430 g/mol. The summed E-state index contributed by atoms with van der Waals surface area (Å²) in [6.45, 7) is 0.980. The number of nitrogens with zero attached hydrogens (tertiary/aromatic N) is 6. The van der Waals surface area contributed by atoms with E-state index in [0.29, 0.717) is 18.0 Å². The summed E-state index contributed by atoms with van der Waals surface area (Å²) >= 11 is 0. The van der Waals surface area contributed by atoms with Crippen molar-refractivity contribution in [2.24, 2.45) is 7.05 Å². The number of anilines is 1. The first kappa shape index (κ1) is 23.4. The number of ether oxygens (including phenoxy) is 1. The number of alkyl halides is 3. The summed E-state index contributed by atoms with van der Waals surface area (Å²) in [5.74, 6) is -1.23. The van der Waals surface area contributed by atoms with Crippen LogP contribution in [0.2, 0.25) is 0 Å². The van der Waals surface area contributed by atoms with Crippen LogP contribution in [0.5, 0.6) is 5.88 Å². The van der Waals surface area contributed by atoms with E-state index in [2.05, 4.69) is 45.2 Å². The predicted octanol–water partition coefficient (Wildman–Crippen LogP) is 1.60. The van der Waals surface area contributed by atoms with Crippen molar-refractivity contribution < 1.29 is 27.8 Å². The Morgan fingerprint density at radius 1 is 1.37 bits per heavy atom. The van der Waals surface area contributed by atoms with Gasteiger partial charge < -0.3 is 19.6 Å². The minimum Gasteiger partial charge on any atom is -0.481 e. The van der Waals surface area contributed by atoms with Crippen LogP contribution in [0.1, 0.15) is 12.0 Å². The number of hydrogen-bond acceptors (Lipinski definition) is 7. The molecule has 166 valence electrons. The zero-order valence-electron chi connectivity index (χ0n) is 17.2. The number of carbonyl (C=O) groups is 1. The summed E-state index contributed by atoms with van der Waals surface area (Å²) in [7, 11) is 7.87. The molecule has 2 atom stereocenters. The van der Waals surface area contributed by atoms with Crippen LogP contribution in [0.4, 0.5) is 19.0 Å². The van der Waals surface area contributed by atoms with Gasteiger partial charge in [-0.15, -0.1) is 0 Å². The average molecular weight is 430 g/mol. The molecule has 1 aliphatic rings. The minimum atomic E-state index is -5.08. The van der Waals surface area contributed by atoms with Crippen LogP contribution in [-0.2, 0) is 18.3 Å². The van der Waals surface area contributed by atoms with Gasteiger partial charge in [0.25, 0.3) is 0 Å². The topological polar surface area (TPSA) is 96.6 Å². The Kier molecular flexibility index (Phi) is 7.59. The Morgan fingerprint density at radius 2 is 2.03 bits per heavy atom. The smallest absolute Gasteiger partial charge is 0.481 e. The van der Waals surface area contributed by atoms with Crippen LogP contribution in [0.15, 0.2) is 24.8 Å². The van der Waals surface area contributed by atoms with E-state index in [1.807, 2.05) is 24.0 Å². The number of carboxylic acid groups (broad SMARTS) is 1. The fourth-order valence-corrected chi connectivity index (χ4v) is 3.39. The molecule has 0 radical (unpaired) electrons. The molecule has 2 aromatic rings. The highest BCUT2D eigenvalue weighted by molar-refractivity contribution is 5.73. The van der Waals surface area contributed by atoms with E-state index in [0.717, 1.165) is 25.2 Å². The van der Waals surface area contributed by atoms with Crippen LogP contribution in [-0.4, -0.2) is 81.7 Å². The van der Waals surface area contributed by atoms with Crippen molar-refractivity contribution in [3.8, 4) is 5.88 Å². The van der Waals surface area contributed by atoms with Crippen LogP contribution < -0.4 is 9.64 Å². The lowest BCUT2D eigenvalue weighted by Crippen LogP contribution is -2.43. The summed E-state index contributed by atoms with van der Waals surface area (Å²) in [5.41, 5.74) is 1.25. The molecule has 1 aliphatic heterocycles. The van der Waals surface area contributed by atoms with Gasteiger partial charge in [-0.05, 0) is 32.5 Å². The maximum absolute atomic E-state index is 10.6. The SMILES string of the molecule is COc1cc(N2CC[C@@H](N(C)C)[C@@H]2Cc2cnn(C)c2)ncn1.O=C(O)C(F)(F)F. The fourth-order valence-electron chi connectivity index (χ4n) is 3.39. The van der Waals surface area contributed by atoms with Gasteiger partial charge in [0.15, 0.2) is 0 Å². The maximum Gasteiger partial charge on any atom is 0.490 e. The zero-order chi connectivity index (χ0) is 22.5. The highest BCUT2D eigenvalue weighted by Gasteiger charge is 2.38. The van der Waals surface area contributed by atoms with Gasteiger partial charge in [0, 0.05) is 31.9 Å². The van der Waals surface area contributed by atoms with E-state index in [1.165, 1.54) is 5.56 Å². The number of aromatic nitrogens is 4. The Morgan fingerprint density at radius 3 is 2.53 bits per heavy atom. The number of likely N-dealkylation sites (N-methyl/N-ethyl adjacent to an activating group) is 1. The van der Waals surface area contributed by atoms with Gasteiger partial charge in [-0.3, -0.25) is 4.68 Å². The van der Waals surface area contributed by atoms with Gasteiger partial charge in [-0.25, -0.2) is 14.8 Å². The summed E-state index contributed by atoms with van der Waals surface area (Å²) in [4.78, 5) is 22.1. The van der Waals surface area contributed by atoms with E-state index < -0.39 is 12.1 Å². The zero-order valence-corrected chi connectivity index (χ0v) is 17.2. The molecule has 0 spiro atoms. The molecule has 9 nitrogen and oxygen atoms in total. The van der Waals surface area contributed by atoms with Crippen molar-refractivity contribution in [3.05, 3.63) is 30.4 Å². The van der Waals surface area contributed by atoms with Crippen molar-refractivity contribution in [2.75, 3.05) is 32.6 Å². The number of hydrogen-bond donors (Lipinski definition) is 1. The van der Waals surface area contributed by atoms with Gasteiger partial charge >= 0.3 is 12.1 Å². The molecule has 0 aliphatic carbocycles. The molecular weight excluding hydrogens is 405 g/mol. The first-order valence-electron chi connectivity index (χ1n) is 9.09. The standard InChI is InChI=1S/C16H24N6O.C2HF3O2/c1-20(2)13-5-6-22(15-8-16(23-4)18-11-17-15)14(13)7-12-9-19-21(3)10-12;3-2(4,5)1(6)7/h8-11,13-14H,5-7H2,1-4H3;(H,6,7)/t13-,14+;/m1./s1. The Labute approximate surface area is 172 Å². The third-order valence-corrected chi connectivity index (χ3v) is 4.75. The number of aryl methyl sites for hydroxylation is 1. The van der Waals surface area contributed by atoms with Crippen molar-refractivity contribution in [3.63, 3.8) is 0 Å². The Balaban J connectivity index is 0.000000396. The summed E-state index contributed by atoms with van der Waals surface area (Å²) in [6, 6.07) is 2.75. The molecule has 1 N–H and O–H groups in total. The normalized spacial score (nSPS) is 18.9. The maximum atomic E-state index is 10.6. The molecule has 0 saturated carbocycles. The highest BCUT2D eigenvalue weighted by atomic mass is 19.4. The third kappa shape index (κ3) is 6.05. The molecule has 3 rings (SSSR count). The lowest BCUT2D eigenvalue weighted by atomic mass is 10.0. The fraction of sp³-hybridized carbons (Fsp3) is 0.556. The van der Waals surface area contributed by atoms with Crippen LogP contribution >= 0.6 is 0 Å². The first-order chi connectivity index (χ1) is 14.0. The molecule has 1 saturated heterocycles. The van der Waals surface area contributed by atoms with Crippen LogP contribution in [0.3, 0.4) is 0 Å². The molecule has 0 unspecified atom stereocenters. The highest BCUT2D eigenvalue weighted by Crippen LogP contribution is 2.29. The van der Waals surface area contributed by atoms with Gasteiger partial charge in [-0.1, -0.05) is 0 Å². The van der Waals surface area contributed by atoms with Gasteiger partial charge in [-0.2, -0.15) is 18.3 Å². The summed E-state index contributed by atoms with van der Waals surface area (Å²) < 4.78 is 38.8. The Hall–Kier alpha value is -2.89. The van der Waals surface area contributed by atoms with Crippen molar-refractivity contribution >= 4 is 11.8 Å². The molecule has 0 bridgehead atoms. The molecule has 0 amide bonds. The van der Waals surface area contributed by atoms with E-state index in [4.69, 9.17) is 14.6 Å². The molecule has 2 aromatic heterocycles. The minimum absolute atomic E-state index is 0.355. The van der Waals surface area contributed by atoms with Crippen LogP contribution in [0, 0.1) is 0 Å². The number of aliphatic carboxylic acids is 1. The number of rotatable bonds is 5. The van der Waals surface area contributed by atoms with E-state index in [-0.39, 0.29) is 0 Å². The number of methoxy groups -OCH3 is 1. The van der Waals surface area contributed by atoms with E-state index in [1.54, 1.807) is 13.4 Å². The van der Waals surface area contributed by atoms with Gasteiger partial charge in [0.05, 0.1) is 19.3 Å². The summed E-state index contributed by atoms with van der Waals surface area (Å²) in [6.07, 6.45) is 2.58. The predicted molar refractivity (Wildman–Crippen MR) is 102 cm³/mol. The van der Waals surface area contributed by atoms with E-state index in [9.17, 15) is 13.2 Å². The number of carboxylic acids is 1. The Bertz CT molecular complexity index is 843. The second-order valence-electron chi connectivity index (χ2n) is 7.03. The van der Waals surface area contributed by atoms with Gasteiger partial charge in [0.2, 0.25) is 5.88 Å².